The van der Waals surface area contributed by atoms with Crippen molar-refractivity contribution in [2.24, 2.45) is 0 Å². The zero-order valence-corrected chi connectivity index (χ0v) is 14.4. The van der Waals surface area contributed by atoms with Crippen LogP contribution in [0.4, 0.5) is 0 Å². The first-order chi connectivity index (χ1) is 11.6. The van der Waals surface area contributed by atoms with Crippen LogP contribution in [0.3, 0.4) is 0 Å². The highest BCUT2D eigenvalue weighted by atomic mass is 16.5. The molecule has 24 heavy (non-hydrogen) atoms. The Kier molecular flexibility index (Phi) is 5.30. The van der Waals surface area contributed by atoms with Crippen molar-refractivity contribution in [3.63, 3.8) is 0 Å². The molecule has 0 spiro atoms. The molecule has 3 rings (SSSR count). The molecule has 1 atom stereocenters. The van der Waals surface area contributed by atoms with E-state index in [1.807, 2.05) is 42.8 Å². The van der Waals surface area contributed by atoms with Crippen LogP contribution in [0.1, 0.15) is 46.6 Å². The molecule has 5 heteroatoms. The average Bonchev–Trinajstić information content (AvgIpc) is 3.18. The maximum absolute atomic E-state index is 12.3. The van der Waals surface area contributed by atoms with Crippen LogP contribution in [0.2, 0.25) is 0 Å². The van der Waals surface area contributed by atoms with Gasteiger partial charge in [-0.1, -0.05) is 12.1 Å². The van der Waals surface area contributed by atoms with E-state index in [1.54, 1.807) is 0 Å². The third-order valence-electron chi connectivity index (χ3n) is 4.40. The number of hydrogen-bond donors (Lipinski definition) is 1. The molecule has 0 unspecified atom stereocenters. The number of hydrogen-bond acceptors (Lipinski definition) is 3. The van der Waals surface area contributed by atoms with E-state index >= 15 is 0 Å². The van der Waals surface area contributed by atoms with Crippen LogP contribution in [0.15, 0.2) is 30.3 Å². The summed E-state index contributed by atoms with van der Waals surface area (Å²) in [5.74, 6) is -0.0248. The summed E-state index contributed by atoms with van der Waals surface area (Å²) in [6.07, 6.45) is 3.43. The smallest absolute Gasteiger partial charge is 0.251 e. The zero-order chi connectivity index (χ0) is 16.9. The second-order valence-electron chi connectivity index (χ2n) is 6.46. The Bertz CT molecular complexity index is 702. The van der Waals surface area contributed by atoms with Gasteiger partial charge in [0.25, 0.3) is 5.91 Å². The van der Waals surface area contributed by atoms with Crippen LogP contribution in [-0.4, -0.2) is 34.9 Å². The molecular weight excluding hydrogens is 302 g/mol. The Hall–Kier alpha value is -2.14. The monoisotopic (exact) mass is 327 g/mol. The van der Waals surface area contributed by atoms with Crippen LogP contribution >= 0.6 is 0 Å². The molecule has 1 aliphatic heterocycles. The molecule has 1 aliphatic rings. The number of carbonyl (C=O) groups is 1. The molecule has 1 amide bonds. The van der Waals surface area contributed by atoms with Gasteiger partial charge in [-0.3, -0.25) is 9.48 Å². The lowest BCUT2D eigenvalue weighted by atomic mass is 10.1. The van der Waals surface area contributed by atoms with Gasteiger partial charge in [0.1, 0.15) is 0 Å². The van der Waals surface area contributed by atoms with E-state index < -0.39 is 0 Å². The van der Waals surface area contributed by atoms with Crippen LogP contribution in [0, 0.1) is 13.8 Å². The van der Waals surface area contributed by atoms with Crippen molar-refractivity contribution in [3.8, 4) is 0 Å². The second kappa shape index (κ2) is 7.62. The molecule has 0 aliphatic carbocycles. The van der Waals surface area contributed by atoms with Crippen LogP contribution in [0.5, 0.6) is 0 Å². The summed E-state index contributed by atoms with van der Waals surface area (Å²) < 4.78 is 7.54. The first kappa shape index (κ1) is 16.7. The van der Waals surface area contributed by atoms with Gasteiger partial charge in [-0.25, -0.2) is 0 Å². The molecule has 1 N–H and O–H groups in total. The molecule has 5 nitrogen and oxygen atoms in total. The van der Waals surface area contributed by atoms with Crippen molar-refractivity contribution >= 4 is 5.91 Å². The number of benzene rings is 1. The zero-order valence-electron chi connectivity index (χ0n) is 14.4. The minimum atomic E-state index is -0.0248. The topological polar surface area (TPSA) is 56.2 Å². The summed E-state index contributed by atoms with van der Waals surface area (Å²) in [5.41, 5.74) is 3.91. The predicted octanol–water partition coefficient (Wildman–Crippen LogP) is 2.85. The highest BCUT2D eigenvalue weighted by Crippen LogP contribution is 2.14. The molecule has 0 radical (unpaired) electrons. The second-order valence-corrected chi connectivity index (χ2v) is 6.46. The van der Waals surface area contributed by atoms with Crippen LogP contribution < -0.4 is 5.32 Å². The number of ether oxygens (including phenoxy) is 1. The van der Waals surface area contributed by atoms with Gasteiger partial charge >= 0.3 is 0 Å². The summed E-state index contributed by atoms with van der Waals surface area (Å²) in [6, 6.07) is 9.81. The van der Waals surface area contributed by atoms with Crippen LogP contribution in [-0.2, 0) is 11.3 Å². The fourth-order valence-electron chi connectivity index (χ4n) is 3.14. The normalized spacial score (nSPS) is 17.2. The van der Waals surface area contributed by atoms with Gasteiger partial charge in [0, 0.05) is 24.4 Å². The van der Waals surface area contributed by atoms with Gasteiger partial charge in [-0.05, 0) is 56.9 Å². The SMILES string of the molecule is Cc1cc(C)n(Cc2cccc(C(=O)NCC[C@H]3CCCO3)c2)n1. The Morgan fingerprint density at radius 1 is 1.38 bits per heavy atom. The van der Waals surface area contributed by atoms with Crippen LogP contribution in [0.25, 0.3) is 0 Å². The lowest BCUT2D eigenvalue weighted by Crippen LogP contribution is -2.27. The summed E-state index contributed by atoms with van der Waals surface area (Å²) in [6.45, 7) is 6.22. The van der Waals surface area contributed by atoms with E-state index in [0.29, 0.717) is 24.8 Å². The van der Waals surface area contributed by atoms with E-state index in [1.165, 1.54) is 0 Å². The third-order valence-corrected chi connectivity index (χ3v) is 4.40. The number of aromatic nitrogens is 2. The fourth-order valence-corrected chi connectivity index (χ4v) is 3.14. The molecule has 1 fully saturated rings. The lowest BCUT2D eigenvalue weighted by molar-refractivity contribution is 0.0907. The first-order valence-electron chi connectivity index (χ1n) is 8.61. The maximum atomic E-state index is 12.3. The van der Waals surface area contributed by atoms with Gasteiger partial charge in [0.15, 0.2) is 0 Å². The Morgan fingerprint density at radius 2 is 2.25 bits per heavy atom. The minimum Gasteiger partial charge on any atom is -0.378 e. The Labute approximate surface area is 143 Å². The number of rotatable bonds is 6. The van der Waals surface area contributed by atoms with Crippen molar-refractivity contribution in [3.05, 3.63) is 52.8 Å². The highest BCUT2D eigenvalue weighted by Gasteiger charge is 2.15. The number of nitrogens with zero attached hydrogens (tertiary/aromatic N) is 2. The van der Waals surface area contributed by atoms with Crippen molar-refractivity contribution < 1.29 is 9.53 Å². The molecule has 128 valence electrons. The number of carbonyl (C=O) groups excluding carboxylic acids is 1. The lowest BCUT2D eigenvalue weighted by Gasteiger charge is -2.11. The number of aryl methyl sites for hydroxylation is 2. The highest BCUT2D eigenvalue weighted by molar-refractivity contribution is 5.94. The van der Waals surface area contributed by atoms with E-state index in [9.17, 15) is 4.79 Å². The average molecular weight is 327 g/mol. The Balaban J connectivity index is 1.57. The fraction of sp³-hybridized carbons (Fsp3) is 0.474. The van der Waals surface area contributed by atoms with E-state index in [2.05, 4.69) is 16.5 Å². The van der Waals surface area contributed by atoms with Crippen molar-refractivity contribution in [1.82, 2.24) is 15.1 Å². The largest absolute Gasteiger partial charge is 0.378 e. The summed E-state index contributed by atoms with van der Waals surface area (Å²) >= 11 is 0. The van der Waals surface area contributed by atoms with E-state index in [-0.39, 0.29) is 5.91 Å². The van der Waals surface area contributed by atoms with Gasteiger partial charge in [-0.15, -0.1) is 0 Å². The quantitative estimate of drug-likeness (QED) is 0.887. The molecule has 0 saturated carbocycles. The van der Waals surface area contributed by atoms with Gasteiger partial charge in [-0.2, -0.15) is 5.10 Å². The Morgan fingerprint density at radius 3 is 2.96 bits per heavy atom. The predicted molar refractivity (Wildman–Crippen MR) is 93.2 cm³/mol. The minimum absolute atomic E-state index is 0.0248. The molecule has 0 bridgehead atoms. The summed E-state index contributed by atoms with van der Waals surface area (Å²) in [7, 11) is 0. The third kappa shape index (κ3) is 4.23. The van der Waals surface area contributed by atoms with E-state index in [4.69, 9.17) is 4.74 Å². The molecule has 1 aromatic heterocycles. The van der Waals surface area contributed by atoms with Crippen molar-refractivity contribution in [2.45, 2.75) is 45.8 Å². The summed E-state index contributed by atoms with van der Waals surface area (Å²) in [4.78, 5) is 12.3. The molecule has 1 saturated heterocycles. The first-order valence-corrected chi connectivity index (χ1v) is 8.61. The molecule has 1 aromatic carbocycles. The van der Waals surface area contributed by atoms with Gasteiger partial charge in [0.2, 0.25) is 0 Å². The standard InChI is InChI=1S/C19H25N3O2/c1-14-11-15(2)22(21-14)13-16-5-3-6-17(12-16)19(23)20-9-8-18-7-4-10-24-18/h3,5-6,11-12,18H,4,7-10,13H2,1-2H3,(H,20,23)/t18-/m1/s1. The number of amides is 1. The number of nitrogens with one attached hydrogen (secondary N) is 1. The van der Waals surface area contributed by atoms with Gasteiger partial charge in [0.05, 0.1) is 18.3 Å². The van der Waals surface area contributed by atoms with E-state index in [0.717, 1.165) is 42.8 Å². The summed E-state index contributed by atoms with van der Waals surface area (Å²) in [5, 5.41) is 7.47. The van der Waals surface area contributed by atoms with Gasteiger partial charge < -0.3 is 10.1 Å². The maximum Gasteiger partial charge on any atom is 0.251 e. The molecular formula is C19H25N3O2. The van der Waals surface area contributed by atoms with Crippen molar-refractivity contribution in [2.75, 3.05) is 13.2 Å². The molecule has 2 heterocycles. The van der Waals surface area contributed by atoms with Crippen molar-refractivity contribution in [1.29, 1.82) is 0 Å². The molecule has 2 aromatic rings.